The highest BCUT2D eigenvalue weighted by atomic mass is 16.7. The van der Waals surface area contributed by atoms with Crippen molar-refractivity contribution in [3.63, 3.8) is 0 Å². The molecule has 0 radical (unpaired) electrons. The Labute approximate surface area is 89.2 Å². The second-order valence-corrected chi connectivity index (χ2v) is 2.92. The van der Waals surface area contributed by atoms with Crippen LogP contribution in [0.1, 0.15) is 12.5 Å². The van der Waals surface area contributed by atoms with E-state index in [4.69, 9.17) is 4.74 Å². The van der Waals surface area contributed by atoms with Gasteiger partial charge in [0.25, 0.3) is 0 Å². The Balaban J connectivity index is 2.40. The molecule has 0 saturated carbocycles. The molecule has 0 unspecified atom stereocenters. The summed E-state index contributed by atoms with van der Waals surface area (Å²) < 4.78 is 9.50. The van der Waals surface area contributed by atoms with Crippen molar-refractivity contribution in [2.45, 2.75) is 13.5 Å². The van der Waals surface area contributed by atoms with Gasteiger partial charge in [-0.3, -0.25) is 0 Å². The summed E-state index contributed by atoms with van der Waals surface area (Å²) in [6.45, 7) is 2.31. The molecule has 4 nitrogen and oxygen atoms in total. The Morgan fingerprint density at radius 2 is 1.93 bits per heavy atom. The predicted octanol–water partition coefficient (Wildman–Crippen LogP) is 2.40. The molecule has 0 fully saturated rings. The van der Waals surface area contributed by atoms with E-state index in [-0.39, 0.29) is 6.61 Å². The molecular formula is C11H15NO3. The molecule has 0 spiro atoms. The van der Waals surface area contributed by atoms with Crippen LogP contribution < -0.4 is 5.32 Å². The van der Waals surface area contributed by atoms with E-state index in [0.29, 0.717) is 6.61 Å². The van der Waals surface area contributed by atoms with Crippen LogP contribution in [0, 0.1) is 0 Å². The summed E-state index contributed by atoms with van der Waals surface area (Å²) in [6, 6.07) is 7.63. The maximum absolute atomic E-state index is 10.9. The Kier molecular flexibility index (Phi) is 4.47. The van der Waals surface area contributed by atoms with Gasteiger partial charge in [0.2, 0.25) is 0 Å². The maximum atomic E-state index is 10.9. The lowest BCUT2D eigenvalue weighted by Gasteiger charge is -2.05. The summed E-state index contributed by atoms with van der Waals surface area (Å²) in [7, 11) is 1.85. The third kappa shape index (κ3) is 3.89. The van der Waals surface area contributed by atoms with Gasteiger partial charge in [-0.2, -0.15) is 0 Å². The lowest BCUT2D eigenvalue weighted by atomic mass is 10.2. The van der Waals surface area contributed by atoms with Crippen molar-refractivity contribution in [1.82, 2.24) is 0 Å². The Bertz CT molecular complexity index is 308. The highest BCUT2D eigenvalue weighted by molar-refractivity contribution is 5.59. The highest BCUT2D eigenvalue weighted by Crippen LogP contribution is 2.09. The van der Waals surface area contributed by atoms with Gasteiger partial charge >= 0.3 is 6.16 Å². The molecule has 0 aromatic heterocycles. The summed E-state index contributed by atoms with van der Waals surface area (Å²) in [4.78, 5) is 10.9. The van der Waals surface area contributed by atoms with Crippen molar-refractivity contribution in [3.05, 3.63) is 29.8 Å². The van der Waals surface area contributed by atoms with E-state index in [1.165, 1.54) is 0 Å². The second-order valence-electron chi connectivity index (χ2n) is 2.92. The lowest BCUT2D eigenvalue weighted by molar-refractivity contribution is 0.0536. The van der Waals surface area contributed by atoms with E-state index in [9.17, 15) is 4.79 Å². The zero-order valence-corrected chi connectivity index (χ0v) is 8.95. The molecule has 0 saturated heterocycles. The molecule has 0 aliphatic heterocycles. The molecule has 1 aromatic carbocycles. The fraction of sp³-hybridized carbons (Fsp3) is 0.364. The maximum Gasteiger partial charge on any atom is 0.508 e. The number of hydrogen-bond donors (Lipinski definition) is 1. The van der Waals surface area contributed by atoms with Crippen LogP contribution in [-0.2, 0) is 16.1 Å². The first kappa shape index (κ1) is 11.4. The Morgan fingerprint density at radius 1 is 1.27 bits per heavy atom. The van der Waals surface area contributed by atoms with Crippen LogP contribution in [0.15, 0.2) is 24.3 Å². The number of anilines is 1. The number of rotatable bonds is 4. The summed E-state index contributed by atoms with van der Waals surface area (Å²) in [5, 5.41) is 3.01. The van der Waals surface area contributed by atoms with Gasteiger partial charge in [-0.05, 0) is 24.6 Å². The third-order valence-corrected chi connectivity index (χ3v) is 1.86. The minimum atomic E-state index is -0.629. The number of nitrogens with one attached hydrogen (secondary N) is 1. The van der Waals surface area contributed by atoms with Crippen LogP contribution in [0.2, 0.25) is 0 Å². The zero-order valence-electron chi connectivity index (χ0n) is 8.95. The molecule has 15 heavy (non-hydrogen) atoms. The smallest absolute Gasteiger partial charge is 0.435 e. The molecule has 0 atom stereocenters. The molecule has 0 aliphatic rings. The minimum Gasteiger partial charge on any atom is -0.435 e. The zero-order chi connectivity index (χ0) is 11.1. The molecule has 1 rings (SSSR count). The van der Waals surface area contributed by atoms with Gasteiger partial charge in [-0.1, -0.05) is 12.1 Å². The molecule has 0 aliphatic carbocycles. The van der Waals surface area contributed by atoms with Crippen molar-refractivity contribution in [3.8, 4) is 0 Å². The van der Waals surface area contributed by atoms with Gasteiger partial charge in [-0.25, -0.2) is 4.79 Å². The summed E-state index contributed by atoms with van der Waals surface area (Å²) in [5.74, 6) is 0. The fourth-order valence-corrected chi connectivity index (χ4v) is 1.07. The number of carbonyl (C=O) groups is 1. The van der Waals surface area contributed by atoms with Gasteiger partial charge in [-0.15, -0.1) is 0 Å². The quantitative estimate of drug-likeness (QED) is 0.773. The van der Waals surface area contributed by atoms with E-state index >= 15 is 0 Å². The van der Waals surface area contributed by atoms with Crippen LogP contribution in [0.25, 0.3) is 0 Å². The van der Waals surface area contributed by atoms with Crippen LogP contribution in [0.3, 0.4) is 0 Å². The van der Waals surface area contributed by atoms with E-state index in [0.717, 1.165) is 11.3 Å². The number of carbonyl (C=O) groups excluding carboxylic acids is 1. The first-order valence-electron chi connectivity index (χ1n) is 4.82. The summed E-state index contributed by atoms with van der Waals surface area (Å²) in [6.07, 6.45) is -0.629. The molecule has 1 N–H and O–H groups in total. The monoisotopic (exact) mass is 209 g/mol. The average Bonchev–Trinajstić information content (AvgIpc) is 2.27. The molecule has 0 amide bonds. The molecular weight excluding hydrogens is 194 g/mol. The van der Waals surface area contributed by atoms with Gasteiger partial charge in [0.05, 0.1) is 6.61 Å². The summed E-state index contributed by atoms with van der Waals surface area (Å²) in [5.41, 5.74) is 1.96. The second kappa shape index (κ2) is 5.90. The van der Waals surface area contributed by atoms with Crippen LogP contribution in [0.5, 0.6) is 0 Å². The molecule has 1 aromatic rings. The van der Waals surface area contributed by atoms with Crippen molar-refractivity contribution in [2.75, 3.05) is 19.0 Å². The van der Waals surface area contributed by atoms with E-state index in [1.54, 1.807) is 6.92 Å². The third-order valence-electron chi connectivity index (χ3n) is 1.86. The van der Waals surface area contributed by atoms with Gasteiger partial charge < -0.3 is 14.8 Å². The average molecular weight is 209 g/mol. The van der Waals surface area contributed by atoms with Crippen molar-refractivity contribution < 1.29 is 14.3 Å². The van der Waals surface area contributed by atoms with Crippen LogP contribution in [-0.4, -0.2) is 19.8 Å². The Hall–Kier alpha value is -1.71. The summed E-state index contributed by atoms with van der Waals surface area (Å²) >= 11 is 0. The Morgan fingerprint density at radius 3 is 2.47 bits per heavy atom. The molecule has 4 heteroatoms. The molecule has 82 valence electrons. The van der Waals surface area contributed by atoms with Crippen molar-refractivity contribution >= 4 is 11.8 Å². The van der Waals surface area contributed by atoms with E-state index in [2.05, 4.69) is 10.1 Å². The van der Waals surface area contributed by atoms with Crippen LogP contribution >= 0.6 is 0 Å². The number of hydrogen-bond acceptors (Lipinski definition) is 4. The van der Waals surface area contributed by atoms with Crippen molar-refractivity contribution in [1.29, 1.82) is 0 Å². The topological polar surface area (TPSA) is 47.6 Å². The van der Waals surface area contributed by atoms with Crippen LogP contribution in [0.4, 0.5) is 10.5 Å². The van der Waals surface area contributed by atoms with Gasteiger partial charge in [0.1, 0.15) is 6.61 Å². The normalized spacial score (nSPS) is 9.47. The predicted molar refractivity (Wildman–Crippen MR) is 57.8 cm³/mol. The van der Waals surface area contributed by atoms with E-state index in [1.807, 2.05) is 31.3 Å². The van der Waals surface area contributed by atoms with Crippen molar-refractivity contribution in [2.24, 2.45) is 0 Å². The lowest BCUT2D eigenvalue weighted by Crippen LogP contribution is -2.06. The van der Waals surface area contributed by atoms with Gasteiger partial charge in [0.15, 0.2) is 0 Å². The first-order valence-corrected chi connectivity index (χ1v) is 4.82. The molecule has 0 heterocycles. The number of benzene rings is 1. The highest BCUT2D eigenvalue weighted by Gasteiger charge is 2.02. The molecule has 0 bridgehead atoms. The number of ether oxygens (including phenoxy) is 2. The largest absolute Gasteiger partial charge is 0.508 e. The first-order chi connectivity index (χ1) is 7.26. The standard InChI is InChI=1S/C11H15NO3/c1-3-14-11(13)15-8-9-4-6-10(12-2)7-5-9/h4-7,12H,3,8H2,1-2H3. The van der Waals surface area contributed by atoms with E-state index < -0.39 is 6.16 Å². The SMILES string of the molecule is CCOC(=O)OCc1ccc(NC)cc1. The minimum absolute atomic E-state index is 0.239. The van der Waals surface area contributed by atoms with Gasteiger partial charge in [0, 0.05) is 12.7 Å². The fourth-order valence-electron chi connectivity index (χ4n) is 1.07.